The fourth-order valence-corrected chi connectivity index (χ4v) is 3.57. The van der Waals surface area contributed by atoms with Crippen molar-refractivity contribution in [2.45, 2.75) is 20.7 Å². The molecule has 7 heteroatoms. The molecule has 0 fully saturated rings. The van der Waals surface area contributed by atoms with E-state index < -0.39 is 49.4 Å². The van der Waals surface area contributed by atoms with Gasteiger partial charge in [-0.2, -0.15) is 0 Å². The Hall–Kier alpha value is -4.78. The van der Waals surface area contributed by atoms with Crippen LogP contribution in [0.5, 0.6) is 0 Å². The fraction of sp³-hybridized carbons (Fsp3) is 0.103. The molecule has 0 aliphatic rings. The zero-order valence-electron chi connectivity index (χ0n) is 28.4. The second-order valence-electron chi connectivity index (χ2n) is 8.09. The third-order valence-corrected chi connectivity index (χ3v) is 5.24. The molecule has 3 aromatic heterocycles. The highest BCUT2D eigenvalue weighted by Gasteiger charge is 2.12. The average molecular weight is 484 g/mol. The minimum absolute atomic E-state index is 0.0727. The van der Waals surface area contributed by atoms with Crippen LogP contribution in [0.1, 0.15) is 39.4 Å². The van der Waals surface area contributed by atoms with Crippen LogP contribution in [-0.2, 0) is 0 Å². The van der Waals surface area contributed by atoms with Crippen LogP contribution in [0.4, 0.5) is 17.3 Å². The summed E-state index contributed by atoms with van der Waals surface area (Å²) in [7, 11) is 0. The van der Waals surface area contributed by atoms with Gasteiger partial charge in [0.2, 0.25) is 5.95 Å². The molecular weight excluding hydrogens is 448 g/mol. The number of hydrogen-bond donors (Lipinski definition) is 2. The van der Waals surface area contributed by atoms with Gasteiger partial charge in [0.05, 0.1) is 13.9 Å². The summed E-state index contributed by atoms with van der Waals surface area (Å²) in [6, 6.07) is 9.74. The third-order valence-electron chi connectivity index (χ3n) is 5.24. The van der Waals surface area contributed by atoms with Gasteiger partial charge in [0.15, 0.2) is 0 Å². The molecule has 3 heterocycles. The molecule has 0 radical (unpaired) electrons. The molecule has 0 saturated carbocycles. The predicted octanol–water partition coefficient (Wildman–Crippen LogP) is 6.25. The van der Waals surface area contributed by atoms with E-state index >= 15 is 0 Å². The maximum absolute atomic E-state index is 13.4. The lowest BCUT2D eigenvalue weighted by molar-refractivity contribution is 0.102. The lowest BCUT2D eigenvalue weighted by Crippen LogP contribution is -2.13. The summed E-state index contributed by atoms with van der Waals surface area (Å²) in [6.07, 6.45) is 2.06. The van der Waals surface area contributed by atoms with Crippen molar-refractivity contribution in [2.24, 2.45) is 0 Å². The molecule has 0 saturated heterocycles. The zero-order chi connectivity index (χ0) is 32.8. The van der Waals surface area contributed by atoms with Crippen LogP contribution in [0.3, 0.4) is 0 Å². The fourth-order valence-electron chi connectivity index (χ4n) is 3.57. The molecular formula is C29H26N6O. The van der Waals surface area contributed by atoms with Gasteiger partial charge in [-0.05, 0) is 91.9 Å². The van der Waals surface area contributed by atoms with Gasteiger partial charge in [0.1, 0.15) is 0 Å². The van der Waals surface area contributed by atoms with Crippen molar-refractivity contribution in [1.29, 1.82) is 0 Å². The number of carbonyl (C=O) groups excluding carboxylic acids is 1. The molecule has 2 aromatic carbocycles. The summed E-state index contributed by atoms with van der Waals surface area (Å²) in [5.74, 6) is -0.874. The number of anilines is 3. The van der Waals surface area contributed by atoms with E-state index in [1.807, 2.05) is 42.9 Å². The Morgan fingerprint density at radius 2 is 1.97 bits per heavy atom. The Bertz CT molecular complexity index is 1970. The summed E-state index contributed by atoms with van der Waals surface area (Å²) < 4.78 is 74.3. The number of amides is 1. The molecule has 178 valence electrons. The predicted molar refractivity (Wildman–Crippen MR) is 143 cm³/mol. The van der Waals surface area contributed by atoms with Crippen molar-refractivity contribution in [3.63, 3.8) is 0 Å². The van der Waals surface area contributed by atoms with Gasteiger partial charge in [-0.25, -0.2) is 9.97 Å². The number of carbonyl (C=O) groups is 1. The molecule has 0 aliphatic heterocycles. The minimum atomic E-state index is -2.63. The smallest absolute Gasteiger partial charge is 0.255 e. The summed E-state index contributed by atoms with van der Waals surface area (Å²) in [5, 5.41) is 5.57. The van der Waals surface area contributed by atoms with E-state index in [0.717, 1.165) is 16.8 Å². The Morgan fingerprint density at radius 1 is 1.06 bits per heavy atom. The van der Waals surface area contributed by atoms with Gasteiger partial charge in [-0.1, -0.05) is 6.07 Å². The van der Waals surface area contributed by atoms with E-state index in [9.17, 15) is 4.79 Å². The number of benzene rings is 2. The number of nitrogens with zero attached hydrogens (tertiary/aromatic N) is 4. The summed E-state index contributed by atoms with van der Waals surface area (Å²) >= 11 is 0. The Labute approximate surface area is 222 Å². The van der Waals surface area contributed by atoms with Crippen LogP contribution in [0.25, 0.3) is 16.9 Å². The van der Waals surface area contributed by atoms with Crippen LogP contribution < -0.4 is 10.6 Å². The van der Waals surface area contributed by atoms with E-state index in [4.69, 9.17) is 12.3 Å². The molecule has 5 rings (SSSR count). The number of hydrogen-bond acceptors (Lipinski definition) is 5. The van der Waals surface area contributed by atoms with Crippen molar-refractivity contribution in [2.75, 3.05) is 10.6 Å². The van der Waals surface area contributed by atoms with E-state index in [0.29, 0.717) is 5.69 Å². The van der Waals surface area contributed by atoms with Crippen LogP contribution in [0, 0.1) is 20.7 Å². The van der Waals surface area contributed by atoms with Gasteiger partial charge in [-0.15, -0.1) is 0 Å². The summed E-state index contributed by atoms with van der Waals surface area (Å²) in [6.45, 7) is 1.24. The Morgan fingerprint density at radius 3 is 2.81 bits per heavy atom. The van der Waals surface area contributed by atoms with Crippen molar-refractivity contribution in [3.8, 4) is 16.9 Å². The van der Waals surface area contributed by atoms with Gasteiger partial charge in [0, 0.05) is 63.2 Å². The molecule has 7 nitrogen and oxygen atoms in total. The molecule has 0 bridgehead atoms. The van der Waals surface area contributed by atoms with Crippen LogP contribution in [-0.4, -0.2) is 25.4 Å². The van der Waals surface area contributed by atoms with Gasteiger partial charge < -0.3 is 15.2 Å². The number of pyridine rings is 1. The van der Waals surface area contributed by atoms with Crippen LogP contribution in [0.2, 0.25) is 0 Å². The second-order valence-corrected chi connectivity index (χ2v) is 8.09. The van der Waals surface area contributed by atoms with Crippen molar-refractivity contribution < 1.29 is 17.1 Å². The topological polar surface area (TPSA) is 84.7 Å². The lowest BCUT2D eigenvalue weighted by Gasteiger charge is -2.13. The molecule has 0 unspecified atom stereocenters. The highest BCUT2D eigenvalue weighted by molar-refractivity contribution is 6.05. The molecule has 0 atom stereocenters. The molecule has 0 spiro atoms. The molecule has 36 heavy (non-hydrogen) atoms. The maximum Gasteiger partial charge on any atom is 0.255 e. The van der Waals surface area contributed by atoms with E-state index in [1.54, 1.807) is 12.1 Å². The zero-order valence-corrected chi connectivity index (χ0v) is 19.4. The quantitative estimate of drug-likeness (QED) is 0.298. The number of aromatic nitrogens is 4. The first-order chi connectivity index (χ1) is 21.1. The number of rotatable bonds is 6. The lowest BCUT2D eigenvalue weighted by atomic mass is 10.1. The highest BCUT2D eigenvalue weighted by atomic mass is 16.1. The largest absolute Gasteiger partial charge is 0.324 e. The van der Waals surface area contributed by atoms with Crippen molar-refractivity contribution in [3.05, 3.63) is 114 Å². The summed E-state index contributed by atoms with van der Waals surface area (Å²) in [5.41, 5.74) is 2.47. The second kappa shape index (κ2) is 9.84. The van der Waals surface area contributed by atoms with Gasteiger partial charge >= 0.3 is 0 Å². The SMILES string of the molecule is [2H]c1nc(Nc2cc(C(=O)Nc3cc(C)cc(-n4ccc(C)c4)c3)ccc2C([2H])([2H])[2H])nc(-c2c([2H])nc([2H])c([2H])c2[2H])c1[2H]. The average Bonchev–Trinajstić information content (AvgIpc) is 3.39. The Balaban J connectivity index is 1.52. The van der Waals surface area contributed by atoms with Crippen molar-refractivity contribution >= 4 is 23.2 Å². The monoisotopic (exact) mass is 483 g/mol. The molecule has 5 aromatic rings. The van der Waals surface area contributed by atoms with Crippen molar-refractivity contribution in [1.82, 2.24) is 19.5 Å². The molecule has 2 N–H and O–H groups in total. The number of aryl methyl sites for hydroxylation is 3. The number of nitrogens with one attached hydrogen (secondary N) is 2. The minimum Gasteiger partial charge on any atom is -0.324 e. The standard InChI is InChI=1S/C29H26N6O/c1-19-9-12-35(18-19)25-14-20(2)13-24(16-25)32-28(36)22-7-6-21(3)27(15-22)34-29-31-11-8-26(33-29)23-5-4-10-30-17-23/h4-18H,1-3H3,(H,32,36)(H,31,33,34)/i3D3,4D,5D,8D,10D,11D,17D. The first-order valence-electron chi connectivity index (χ1n) is 15.4. The highest BCUT2D eigenvalue weighted by Crippen LogP contribution is 2.24. The first-order valence-corrected chi connectivity index (χ1v) is 10.9. The first kappa shape index (κ1) is 14.6. The molecule has 0 aliphatic carbocycles. The van der Waals surface area contributed by atoms with Gasteiger partial charge in [0.25, 0.3) is 5.91 Å². The third kappa shape index (κ3) is 5.15. The van der Waals surface area contributed by atoms with E-state index in [-0.39, 0.29) is 34.0 Å². The normalized spacial score (nSPS) is 14.7. The van der Waals surface area contributed by atoms with Gasteiger partial charge in [-0.3, -0.25) is 9.78 Å². The maximum atomic E-state index is 13.4. The van der Waals surface area contributed by atoms with E-state index in [1.165, 1.54) is 18.2 Å². The summed E-state index contributed by atoms with van der Waals surface area (Å²) in [4.78, 5) is 25.1. The van der Waals surface area contributed by atoms with E-state index in [2.05, 4.69) is 25.6 Å². The van der Waals surface area contributed by atoms with Crippen LogP contribution in [0.15, 0.2) is 91.5 Å². The van der Waals surface area contributed by atoms with Crippen LogP contribution >= 0.6 is 0 Å². The molecule has 1 amide bonds. The Kier molecular flexibility index (Phi) is 3.98.